The van der Waals surface area contributed by atoms with Crippen LogP contribution in [0.2, 0.25) is 0 Å². The van der Waals surface area contributed by atoms with Gasteiger partial charge in [0, 0.05) is 12.1 Å². The van der Waals surface area contributed by atoms with E-state index in [4.69, 9.17) is 4.74 Å². The van der Waals surface area contributed by atoms with E-state index in [2.05, 4.69) is 20.8 Å². The summed E-state index contributed by atoms with van der Waals surface area (Å²) in [5, 5.41) is 0. The van der Waals surface area contributed by atoms with E-state index < -0.39 is 0 Å². The highest BCUT2D eigenvalue weighted by Crippen LogP contribution is 2.24. The number of carbonyl (C=O) groups excluding carboxylic acids is 1. The van der Waals surface area contributed by atoms with Crippen LogP contribution in [0.5, 0.6) is 0 Å². The molecule has 0 spiro atoms. The molecule has 0 heterocycles. The van der Waals surface area contributed by atoms with E-state index in [-0.39, 0.29) is 17.7 Å². The minimum atomic E-state index is -0.248. The number of benzene rings is 1. The van der Waals surface area contributed by atoms with E-state index in [1.807, 2.05) is 35.2 Å². The number of hydrogen-bond donors (Lipinski definition) is 0. The van der Waals surface area contributed by atoms with Gasteiger partial charge in [0.2, 0.25) is 0 Å². The molecule has 0 saturated heterocycles. The van der Waals surface area contributed by atoms with Crippen LogP contribution in [0, 0.1) is 0 Å². The number of hydrogen-bond acceptors (Lipinski definition) is 2. The molecule has 1 amide bonds. The van der Waals surface area contributed by atoms with Crippen molar-refractivity contribution in [3.63, 3.8) is 0 Å². The van der Waals surface area contributed by atoms with Gasteiger partial charge in [-0.05, 0) is 52.0 Å². The van der Waals surface area contributed by atoms with Crippen LogP contribution in [-0.2, 0) is 11.3 Å². The Balaban J connectivity index is 2.03. The SMILES string of the molecule is CC(C)(C)N(Cc1ccccc1)C(=O)OC1CCCCC1. The largest absolute Gasteiger partial charge is 0.446 e. The van der Waals surface area contributed by atoms with Crippen LogP contribution in [0.1, 0.15) is 58.4 Å². The number of carbonyl (C=O) groups is 1. The van der Waals surface area contributed by atoms with Gasteiger partial charge in [-0.1, -0.05) is 36.8 Å². The van der Waals surface area contributed by atoms with Gasteiger partial charge in [-0.2, -0.15) is 0 Å². The number of ether oxygens (including phenoxy) is 1. The summed E-state index contributed by atoms with van der Waals surface area (Å²) in [4.78, 5) is 14.4. The third kappa shape index (κ3) is 4.76. The van der Waals surface area contributed by atoms with Gasteiger partial charge in [-0.25, -0.2) is 4.79 Å². The van der Waals surface area contributed by atoms with Crippen LogP contribution in [0.3, 0.4) is 0 Å². The summed E-state index contributed by atoms with van der Waals surface area (Å²) in [6.45, 7) is 6.75. The first-order chi connectivity index (χ1) is 9.97. The maximum absolute atomic E-state index is 12.6. The van der Waals surface area contributed by atoms with Crippen molar-refractivity contribution in [2.45, 2.75) is 71.1 Å². The second-order valence-electron chi connectivity index (χ2n) is 6.89. The van der Waals surface area contributed by atoms with Crippen LogP contribution in [-0.4, -0.2) is 22.6 Å². The third-order valence-electron chi connectivity index (χ3n) is 4.03. The van der Waals surface area contributed by atoms with Gasteiger partial charge in [0.25, 0.3) is 0 Å². The maximum atomic E-state index is 12.6. The summed E-state index contributed by atoms with van der Waals surface area (Å²) in [6, 6.07) is 10.1. The number of rotatable bonds is 3. The van der Waals surface area contributed by atoms with Crippen LogP contribution in [0.25, 0.3) is 0 Å². The van der Waals surface area contributed by atoms with E-state index in [0.717, 1.165) is 18.4 Å². The molecule has 3 heteroatoms. The highest BCUT2D eigenvalue weighted by atomic mass is 16.6. The van der Waals surface area contributed by atoms with Crippen molar-refractivity contribution >= 4 is 6.09 Å². The smallest absolute Gasteiger partial charge is 0.410 e. The fourth-order valence-corrected chi connectivity index (χ4v) is 2.73. The van der Waals surface area contributed by atoms with Crippen molar-refractivity contribution in [1.29, 1.82) is 0 Å². The Hall–Kier alpha value is -1.51. The molecule has 0 unspecified atom stereocenters. The Bertz CT molecular complexity index is 444. The number of nitrogens with zero attached hydrogens (tertiary/aromatic N) is 1. The summed E-state index contributed by atoms with van der Waals surface area (Å²) < 4.78 is 5.74. The Morgan fingerprint density at radius 3 is 2.33 bits per heavy atom. The van der Waals surface area contributed by atoms with Crippen molar-refractivity contribution in [3.05, 3.63) is 35.9 Å². The van der Waals surface area contributed by atoms with E-state index in [1.54, 1.807) is 0 Å². The Morgan fingerprint density at radius 2 is 1.76 bits per heavy atom. The molecule has 1 aliphatic rings. The maximum Gasteiger partial charge on any atom is 0.410 e. The lowest BCUT2D eigenvalue weighted by molar-refractivity contribution is 0.0215. The van der Waals surface area contributed by atoms with Gasteiger partial charge >= 0.3 is 6.09 Å². The van der Waals surface area contributed by atoms with E-state index in [1.165, 1.54) is 19.3 Å². The zero-order chi connectivity index (χ0) is 15.3. The minimum Gasteiger partial charge on any atom is -0.446 e. The predicted octanol–water partition coefficient (Wildman–Crippen LogP) is 4.76. The Morgan fingerprint density at radius 1 is 1.14 bits per heavy atom. The number of amides is 1. The molecule has 0 aliphatic heterocycles. The molecule has 0 atom stereocenters. The van der Waals surface area contributed by atoms with Gasteiger partial charge in [-0.3, -0.25) is 4.90 Å². The van der Waals surface area contributed by atoms with Crippen LogP contribution >= 0.6 is 0 Å². The van der Waals surface area contributed by atoms with E-state index in [9.17, 15) is 4.79 Å². The molecule has 1 fully saturated rings. The lowest BCUT2D eigenvalue weighted by Gasteiger charge is -2.36. The molecule has 1 saturated carbocycles. The summed E-state index contributed by atoms with van der Waals surface area (Å²) in [5.41, 5.74) is 0.884. The normalized spacial score (nSPS) is 16.5. The molecule has 2 rings (SSSR count). The predicted molar refractivity (Wildman–Crippen MR) is 85.1 cm³/mol. The molecular formula is C18H27NO2. The first-order valence-corrected chi connectivity index (χ1v) is 7.99. The van der Waals surface area contributed by atoms with Crippen LogP contribution < -0.4 is 0 Å². The molecule has 1 aliphatic carbocycles. The quantitative estimate of drug-likeness (QED) is 0.803. The molecule has 1 aromatic rings. The third-order valence-corrected chi connectivity index (χ3v) is 4.03. The van der Waals surface area contributed by atoms with Crippen LogP contribution in [0.15, 0.2) is 30.3 Å². The van der Waals surface area contributed by atoms with Gasteiger partial charge in [0.1, 0.15) is 6.10 Å². The van der Waals surface area contributed by atoms with Gasteiger partial charge in [-0.15, -0.1) is 0 Å². The lowest BCUT2D eigenvalue weighted by Crippen LogP contribution is -2.46. The van der Waals surface area contributed by atoms with Gasteiger partial charge < -0.3 is 4.74 Å². The Kier molecular flexibility index (Phi) is 5.27. The second-order valence-corrected chi connectivity index (χ2v) is 6.89. The summed E-state index contributed by atoms with van der Waals surface area (Å²) in [7, 11) is 0. The monoisotopic (exact) mass is 289 g/mol. The molecule has 0 radical (unpaired) electrons. The fraction of sp³-hybridized carbons (Fsp3) is 0.611. The van der Waals surface area contributed by atoms with E-state index in [0.29, 0.717) is 6.54 Å². The first-order valence-electron chi connectivity index (χ1n) is 7.99. The van der Waals surface area contributed by atoms with E-state index >= 15 is 0 Å². The minimum absolute atomic E-state index is 0.104. The molecule has 3 nitrogen and oxygen atoms in total. The summed E-state index contributed by atoms with van der Waals surface area (Å²) in [5.74, 6) is 0. The standard InChI is InChI=1S/C18H27NO2/c1-18(2,3)19(14-15-10-6-4-7-11-15)17(20)21-16-12-8-5-9-13-16/h4,6-7,10-11,16H,5,8-9,12-14H2,1-3H3. The summed E-state index contributed by atoms with van der Waals surface area (Å²) in [6.07, 6.45) is 5.55. The van der Waals surface area contributed by atoms with Crippen molar-refractivity contribution in [1.82, 2.24) is 4.90 Å². The highest BCUT2D eigenvalue weighted by molar-refractivity contribution is 5.68. The van der Waals surface area contributed by atoms with Crippen LogP contribution in [0.4, 0.5) is 4.79 Å². The molecule has 116 valence electrons. The average Bonchev–Trinajstić information content (AvgIpc) is 2.45. The van der Waals surface area contributed by atoms with Crippen molar-refractivity contribution < 1.29 is 9.53 Å². The topological polar surface area (TPSA) is 29.5 Å². The lowest BCUT2D eigenvalue weighted by atomic mass is 9.98. The fourth-order valence-electron chi connectivity index (χ4n) is 2.73. The second kappa shape index (κ2) is 6.97. The molecule has 0 N–H and O–H groups in total. The zero-order valence-electron chi connectivity index (χ0n) is 13.5. The van der Waals surface area contributed by atoms with Crippen molar-refractivity contribution in [2.24, 2.45) is 0 Å². The zero-order valence-corrected chi connectivity index (χ0v) is 13.5. The average molecular weight is 289 g/mol. The Labute approximate surface area is 128 Å². The van der Waals surface area contributed by atoms with Crippen molar-refractivity contribution in [2.75, 3.05) is 0 Å². The highest BCUT2D eigenvalue weighted by Gasteiger charge is 2.30. The first kappa shape index (κ1) is 15.9. The van der Waals surface area contributed by atoms with Gasteiger partial charge in [0.05, 0.1) is 0 Å². The molecule has 0 bridgehead atoms. The molecule has 0 aromatic heterocycles. The molecule has 21 heavy (non-hydrogen) atoms. The van der Waals surface area contributed by atoms with Crippen molar-refractivity contribution in [3.8, 4) is 0 Å². The molecular weight excluding hydrogens is 262 g/mol. The van der Waals surface area contributed by atoms with Gasteiger partial charge in [0.15, 0.2) is 0 Å². The molecule has 1 aromatic carbocycles. The summed E-state index contributed by atoms with van der Waals surface area (Å²) >= 11 is 0.